The third-order valence-corrected chi connectivity index (χ3v) is 5.72. The summed E-state index contributed by atoms with van der Waals surface area (Å²) in [6, 6.07) is 16.1. The van der Waals surface area contributed by atoms with Crippen molar-refractivity contribution in [1.29, 1.82) is 0 Å². The summed E-state index contributed by atoms with van der Waals surface area (Å²) in [6.45, 7) is -0.00797. The Hall–Kier alpha value is -4.21. The topological polar surface area (TPSA) is 119 Å². The first-order valence-corrected chi connectivity index (χ1v) is 10.4. The lowest BCUT2D eigenvalue weighted by atomic mass is 10.0. The summed E-state index contributed by atoms with van der Waals surface area (Å²) < 4.78 is 22.3. The van der Waals surface area contributed by atoms with Crippen LogP contribution in [0, 0.1) is 0 Å². The second kappa shape index (κ2) is 8.38. The van der Waals surface area contributed by atoms with E-state index in [-0.39, 0.29) is 25.3 Å². The number of benzene rings is 2. The predicted molar refractivity (Wildman–Crippen MR) is 120 cm³/mol. The number of nitrogen functional groups attached to an aromatic ring is 1. The van der Waals surface area contributed by atoms with Crippen LogP contribution in [0.4, 0.5) is 15.0 Å². The average Bonchev–Trinajstić information content (AvgIpc) is 3.21. The molecule has 2 aromatic carbocycles. The van der Waals surface area contributed by atoms with Crippen LogP contribution in [0.1, 0.15) is 12.5 Å². The monoisotopic (exact) mass is 448 g/mol. The van der Waals surface area contributed by atoms with E-state index in [4.69, 9.17) is 10.5 Å². The van der Waals surface area contributed by atoms with Crippen molar-refractivity contribution in [2.75, 3.05) is 18.8 Å². The number of likely N-dealkylation sites (tertiary alicyclic amines) is 1. The van der Waals surface area contributed by atoms with Crippen LogP contribution in [-0.4, -0.2) is 55.1 Å². The van der Waals surface area contributed by atoms with Gasteiger partial charge >= 0.3 is 6.09 Å². The maximum atomic E-state index is 15.0. The number of anilines is 1. The number of alkyl halides is 1. The molecule has 2 aromatic heterocycles. The summed E-state index contributed by atoms with van der Waals surface area (Å²) in [6.07, 6.45) is -0.969. The van der Waals surface area contributed by atoms with Gasteiger partial charge in [0.1, 0.15) is 35.5 Å². The SMILES string of the molecule is Nc1ncnc2c1c(-c1ccc(Oc3ccccc3)cc1)nn2C1CCN(C(=O)O)CC1F. The number of hydrogen-bond acceptors (Lipinski definition) is 6. The van der Waals surface area contributed by atoms with E-state index in [9.17, 15) is 14.3 Å². The quantitative estimate of drug-likeness (QED) is 0.482. The minimum Gasteiger partial charge on any atom is -0.465 e. The molecule has 1 amide bonds. The minimum atomic E-state index is -1.43. The fourth-order valence-corrected chi connectivity index (χ4v) is 4.08. The molecule has 3 N–H and O–H groups in total. The lowest BCUT2D eigenvalue weighted by molar-refractivity contribution is 0.0768. The highest BCUT2D eigenvalue weighted by molar-refractivity contribution is 5.98. The lowest BCUT2D eigenvalue weighted by Gasteiger charge is -2.33. The van der Waals surface area contributed by atoms with E-state index in [1.807, 2.05) is 54.6 Å². The van der Waals surface area contributed by atoms with E-state index in [0.29, 0.717) is 22.5 Å². The Bertz CT molecular complexity index is 1300. The first-order valence-electron chi connectivity index (χ1n) is 10.4. The van der Waals surface area contributed by atoms with Crippen LogP contribution in [0.3, 0.4) is 0 Å². The van der Waals surface area contributed by atoms with Crippen molar-refractivity contribution in [3.8, 4) is 22.8 Å². The van der Waals surface area contributed by atoms with Gasteiger partial charge in [-0.1, -0.05) is 18.2 Å². The van der Waals surface area contributed by atoms with Gasteiger partial charge in [-0.25, -0.2) is 23.8 Å². The molecule has 0 bridgehead atoms. The molecule has 3 heterocycles. The summed E-state index contributed by atoms with van der Waals surface area (Å²) in [7, 11) is 0. The largest absolute Gasteiger partial charge is 0.465 e. The van der Waals surface area contributed by atoms with Crippen LogP contribution in [-0.2, 0) is 0 Å². The number of para-hydroxylation sites is 1. The first-order chi connectivity index (χ1) is 16.0. The molecule has 0 aliphatic carbocycles. The zero-order valence-electron chi connectivity index (χ0n) is 17.5. The smallest absolute Gasteiger partial charge is 0.407 e. The van der Waals surface area contributed by atoms with Crippen molar-refractivity contribution in [3.05, 3.63) is 60.9 Å². The maximum absolute atomic E-state index is 15.0. The van der Waals surface area contributed by atoms with Crippen LogP contribution in [0.15, 0.2) is 60.9 Å². The molecule has 2 atom stereocenters. The minimum absolute atomic E-state index is 0.212. The number of halogens is 1. The summed E-state index contributed by atoms with van der Waals surface area (Å²) >= 11 is 0. The summed E-state index contributed by atoms with van der Waals surface area (Å²) in [5, 5.41) is 14.4. The van der Waals surface area contributed by atoms with Gasteiger partial charge in [-0.05, 0) is 42.8 Å². The average molecular weight is 448 g/mol. The summed E-state index contributed by atoms with van der Waals surface area (Å²) in [4.78, 5) is 20.7. The molecule has 2 unspecified atom stereocenters. The van der Waals surface area contributed by atoms with E-state index in [0.717, 1.165) is 16.2 Å². The Kier molecular flexibility index (Phi) is 5.25. The molecule has 0 radical (unpaired) electrons. The van der Waals surface area contributed by atoms with Gasteiger partial charge in [-0.3, -0.25) is 0 Å². The van der Waals surface area contributed by atoms with Crippen LogP contribution in [0.5, 0.6) is 11.5 Å². The number of piperidine rings is 1. The van der Waals surface area contributed by atoms with Crippen molar-refractivity contribution in [2.45, 2.75) is 18.6 Å². The molecule has 9 nitrogen and oxygen atoms in total. The molecular formula is C23H21FN6O3. The Balaban J connectivity index is 1.50. The van der Waals surface area contributed by atoms with Gasteiger partial charge in [-0.15, -0.1) is 0 Å². The predicted octanol–water partition coefficient (Wildman–Crippen LogP) is 4.13. The van der Waals surface area contributed by atoms with Crippen LogP contribution < -0.4 is 10.5 Å². The van der Waals surface area contributed by atoms with Crippen molar-refractivity contribution >= 4 is 22.9 Å². The van der Waals surface area contributed by atoms with Crippen LogP contribution in [0.25, 0.3) is 22.3 Å². The molecule has 5 rings (SSSR count). The van der Waals surface area contributed by atoms with Gasteiger partial charge in [0.05, 0.1) is 18.0 Å². The molecule has 1 aliphatic rings. The van der Waals surface area contributed by atoms with Crippen molar-refractivity contribution in [2.24, 2.45) is 0 Å². The van der Waals surface area contributed by atoms with E-state index >= 15 is 0 Å². The molecule has 168 valence electrons. The van der Waals surface area contributed by atoms with Gasteiger partial charge < -0.3 is 20.5 Å². The van der Waals surface area contributed by atoms with E-state index in [1.54, 1.807) is 0 Å². The summed E-state index contributed by atoms with van der Waals surface area (Å²) in [5.74, 6) is 1.62. The maximum Gasteiger partial charge on any atom is 0.407 e. The Morgan fingerprint density at radius 3 is 2.52 bits per heavy atom. The van der Waals surface area contributed by atoms with Crippen LogP contribution in [0.2, 0.25) is 0 Å². The highest BCUT2D eigenvalue weighted by Crippen LogP contribution is 2.35. The second-order valence-electron chi connectivity index (χ2n) is 7.79. The van der Waals surface area contributed by atoms with Crippen LogP contribution >= 0.6 is 0 Å². The van der Waals surface area contributed by atoms with E-state index < -0.39 is 18.3 Å². The molecule has 33 heavy (non-hydrogen) atoms. The Labute approximate surface area is 188 Å². The molecule has 10 heteroatoms. The molecule has 1 fully saturated rings. The fraction of sp³-hybridized carbons (Fsp3) is 0.217. The zero-order chi connectivity index (χ0) is 22.9. The standard InChI is InChI=1S/C23H21FN6O3/c24-17-12-29(23(31)32)11-10-18(17)30-22-19(21(25)26-13-27-22)20(28-30)14-6-8-16(9-7-14)33-15-4-2-1-3-5-15/h1-9,13,17-18H,10-12H2,(H,31,32)(H2,25,26,27). The Morgan fingerprint density at radius 2 is 1.82 bits per heavy atom. The molecule has 0 spiro atoms. The van der Waals surface area contributed by atoms with Crippen molar-refractivity contribution < 1.29 is 19.0 Å². The Morgan fingerprint density at radius 1 is 1.09 bits per heavy atom. The van der Waals surface area contributed by atoms with E-state index in [1.165, 1.54) is 11.0 Å². The van der Waals surface area contributed by atoms with Crippen molar-refractivity contribution in [3.63, 3.8) is 0 Å². The zero-order valence-corrected chi connectivity index (χ0v) is 17.5. The highest BCUT2D eigenvalue weighted by atomic mass is 19.1. The van der Waals surface area contributed by atoms with Gasteiger partial charge in [0.15, 0.2) is 5.65 Å². The number of hydrogen-bond donors (Lipinski definition) is 2. The lowest BCUT2D eigenvalue weighted by Crippen LogP contribution is -2.45. The number of carbonyl (C=O) groups is 1. The van der Waals surface area contributed by atoms with E-state index in [2.05, 4.69) is 15.1 Å². The van der Waals surface area contributed by atoms with Crippen molar-refractivity contribution in [1.82, 2.24) is 24.6 Å². The van der Waals surface area contributed by atoms with Gasteiger partial charge in [-0.2, -0.15) is 5.10 Å². The normalized spacial score (nSPS) is 18.4. The number of aromatic nitrogens is 4. The molecule has 1 aliphatic heterocycles. The third-order valence-electron chi connectivity index (χ3n) is 5.72. The molecule has 1 saturated heterocycles. The second-order valence-corrected chi connectivity index (χ2v) is 7.79. The van der Waals surface area contributed by atoms with Gasteiger partial charge in [0, 0.05) is 12.1 Å². The number of carboxylic acid groups (broad SMARTS) is 1. The third kappa shape index (κ3) is 3.91. The number of amides is 1. The highest BCUT2D eigenvalue weighted by Gasteiger charge is 2.35. The number of fused-ring (bicyclic) bond motifs is 1. The number of nitrogens with zero attached hydrogens (tertiary/aromatic N) is 5. The summed E-state index contributed by atoms with van der Waals surface area (Å²) in [5.41, 5.74) is 7.85. The first kappa shape index (κ1) is 20.7. The number of nitrogens with two attached hydrogens (primary N) is 1. The molecular weight excluding hydrogens is 427 g/mol. The fourth-order valence-electron chi connectivity index (χ4n) is 4.08. The molecule has 4 aromatic rings. The van der Waals surface area contributed by atoms with Gasteiger partial charge in [0.2, 0.25) is 0 Å². The number of ether oxygens (including phenoxy) is 1. The number of rotatable bonds is 4. The van der Waals surface area contributed by atoms with Gasteiger partial charge in [0.25, 0.3) is 0 Å². The molecule has 0 saturated carbocycles.